The summed E-state index contributed by atoms with van der Waals surface area (Å²) in [5.41, 5.74) is 1.26. The molecule has 1 aliphatic carbocycles. The van der Waals surface area contributed by atoms with Crippen molar-refractivity contribution in [1.82, 2.24) is 10.2 Å². The Morgan fingerprint density at radius 1 is 1.12 bits per heavy atom. The van der Waals surface area contributed by atoms with Gasteiger partial charge in [-0.25, -0.2) is 0 Å². The van der Waals surface area contributed by atoms with Gasteiger partial charge in [0.05, 0.1) is 0 Å². The number of fused-ring (bicyclic) bond motifs is 1. The van der Waals surface area contributed by atoms with Crippen LogP contribution in [-0.2, 0) is 11.3 Å². The molecule has 3 rings (SSSR count). The Bertz CT molecular complexity index is 662. The van der Waals surface area contributed by atoms with Gasteiger partial charge in [-0.05, 0) is 36.2 Å². The summed E-state index contributed by atoms with van der Waals surface area (Å²) in [5.74, 6) is 0.277. The van der Waals surface area contributed by atoms with Gasteiger partial charge in [0.15, 0.2) is 0 Å². The predicted molar refractivity (Wildman–Crippen MR) is 103 cm³/mol. The highest BCUT2D eigenvalue weighted by atomic mass is 35.5. The number of benzene rings is 2. The summed E-state index contributed by atoms with van der Waals surface area (Å²) in [6.45, 7) is 1.48. The highest BCUT2D eigenvalue weighted by Crippen LogP contribution is 2.27. The third-order valence-corrected chi connectivity index (χ3v) is 4.90. The maximum absolute atomic E-state index is 12.7. The lowest BCUT2D eigenvalue weighted by molar-refractivity contribution is -0.134. The van der Waals surface area contributed by atoms with Crippen molar-refractivity contribution in [2.45, 2.75) is 44.7 Å². The van der Waals surface area contributed by atoms with Crippen LogP contribution in [0.25, 0.3) is 10.8 Å². The molecule has 1 amide bonds. The summed E-state index contributed by atoms with van der Waals surface area (Å²) in [5, 5.41) is 5.60. The Morgan fingerprint density at radius 2 is 1.83 bits per heavy atom. The lowest BCUT2D eigenvalue weighted by Gasteiger charge is -2.30. The molecule has 0 aliphatic heterocycles. The number of hydrogen-bond acceptors (Lipinski definition) is 2. The number of carbonyl (C=O) groups is 1. The van der Waals surface area contributed by atoms with E-state index in [4.69, 9.17) is 0 Å². The van der Waals surface area contributed by atoms with E-state index in [1.165, 1.54) is 29.2 Å². The first-order chi connectivity index (χ1) is 11.3. The van der Waals surface area contributed by atoms with E-state index in [9.17, 15) is 4.79 Å². The molecule has 3 nitrogen and oxygen atoms in total. The topological polar surface area (TPSA) is 32.3 Å². The quantitative estimate of drug-likeness (QED) is 0.852. The average molecular weight is 347 g/mol. The fourth-order valence-electron chi connectivity index (χ4n) is 3.63. The molecule has 0 heterocycles. The Hall–Kier alpha value is -1.58. The molecule has 2 aromatic rings. The van der Waals surface area contributed by atoms with E-state index >= 15 is 0 Å². The molecule has 0 atom stereocenters. The van der Waals surface area contributed by atoms with Crippen molar-refractivity contribution in [3.05, 3.63) is 48.0 Å². The monoisotopic (exact) mass is 346 g/mol. The molecule has 1 N–H and O–H groups in total. The SMILES string of the molecule is CNCCC(=O)N(Cc1cccc2ccccc12)C1CCCC1.Cl. The smallest absolute Gasteiger partial charge is 0.224 e. The number of amides is 1. The lowest BCUT2D eigenvalue weighted by Crippen LogP contribution is -2.39. The van der Waals surface area contributed by atoms with E-state index in [1.807, 2.05) is 7.05 Å². The molecular formula is C20H27ClN2O. The van der Waals surface area contributed by atoms with Crippen LogP contribution in [0, 0.1) is 0 Å². The second kappa shape index (κ2) is 9.05. The number of rotatable bonds is 6. The van der Waals surface area contributed by atoms with Crippen LogP contribution < -0.4 is 5.32 Å². The van der Waals surface area contributed by atoms with Gasteiger partial charge in [-0.2, -0.15) is 0 Å². The molecule has 0 spiro atoms. The Labute approximate surface area is 150 Å². The summed E-state index contributed by atoms with van der Waals surface area (Å²) in [7, 11) is 1.90. The Kier molecular flexibility index (Phi) is 7.07. The number of halogens is 1. The van der Waals surface area contributed by atoms with Crippen molar-refractivity contribution in [3.63, 3.8) is 0 Å². The van der Waals surface area contributed by atoms with Gasteiger partial charge in [0.25, 0.3) is 0 Å². The van der Waals surface area contributed by atoms with Crippen molar-refractivity contribution < 1.29 is 4.79 Å². The van der Waals surface area contributed by atoms with Gasteiger partial charge in [-0.15, -0.1) is 12.4 Å². The Morgan fingerprint density at radius 3 is 2.58 bits per heavy atom. The van der Waals surface area contributed by atoms with Crippen LogP contribution in [0.5, 0.6) is 0 Å². The van der Waals surface area contributed by atoms with Crippen LogP contribution in [0.1, 0.15) is 37.7 Å². The molecule has 0 radical (unpaired) electrons. The van der Waals surface area contributed by atoms with E-state index in [0.717, 1.165) is 25.9 Å². The van der Waals surface area contributed by atoms with Crippen LogP contribution >= 0.6 is 12.4 Å². The zero-order valence-electron chi connectivity index (χ0n) is 14.3. The third kappa shape index (κ3) is 4.28. The second-order valence-corrected chi connectivity index (χ2v) is 6.45. The molecule has 1 aliphatic rings. The van der Waals surface area contributed by atoms with Crippen LogP contribution in [-0.4, -0.2) is 30.4 Å². The molecule has 2 aromatic carbocycles. The minimum absolute atomic E-state index is 0. The van der Waals surface area contributed by atoms with Crippen molar-refractivity contribution in [2.75, 3.05) is 13.6 Å². The molecule has 0 bridgehead atoms. The highest BCUT2D eigenvalue weighted by molar-refractivity contribution is 5.86. The zero-order chi connectivity index (χ0) is 16.1. The largest absolute Gasteiger partial charge is 0.335 e. The summed E-state index contributed by atoms with van der Waals surface area (Å²) in [4.78, 5) is 14.8. The first-order valence-corrected chi connectivity index (χ1v) is 8.70. The van der Waals surface area contributed by atoms with Crippen LogP contribution in [0.15, 0.2) is 42.5 Å². The fourth-order valence-corrected chi connectivity index (χ4v) is 3.63. The standard InChI is InChI=1S/C20H26N2O.ClH/c1-21-14-13-20(23)22(18-10-3-4-11-18)15-17-9-6-8-16-7-2-5-12-19(16)17;/h2,5-9,12,18,21H,3-4,10-11,13-15H2,1H3;1H. The van der Waals surface area contributed by atoms with Crippen molar-refractivity contribution in [3.8, 4) is 0 Å². The predicted octanol–water partition coefficient (Wildman–Crippen LogP) is 4.14. The van der Waals surface area contributed by atoms with Gasteiger partial charge < -0.3 is 10.2 Å². The molecule has 1 saturated carbocycles. The summed E-state index contributed by atoms with van der Waals surface area (Å²) >= 11 is 0. The number of nitrogens with one attached hydrogen (secondary N) is 1. The number of nitrogens with zero attached hydrogens (tertiary/aromatic N) is 1. The molecule has 4 heteroatoms. The average Bonchev–Trinajstić information content (AvgIpc) is 3.12. The fraction of sp³-hybridized carbons (Fsp3) is 0.450. The number of hydrogen-bond donors (Lipinski definition) is 1. The molecule has 0 unspecified atom stereocenters. The molecular weight excluding hydrogens is 320 g/mol. The van der Waals surface area contributed by atoms with E-state index < -0.39 is 0 Å². The lowest BCUT2D eigenvalue weighted by atomic mass is 10.0. The first kappa shape index (κ1) is 18.8. The molecule has 0 saturated heterocycles. The zero-order valence-corrected chi connectivity index (χ0v) is 15.1. The van der Waals surface area contributed by atoms with Crippen LogP contribution in [0.2, 0.25) is 0 Å². The van der Waals surface area contributed by atoms with E-state index in [-0.39, 0.29) is 18.3 Å². The van der Waals surface area contributed by atoms with Crippen LogP contribution in [0.3, 0.4) is 0 Å². The number of carbonyl (C=O) groups excluding carboxylic acids is 1. The van der Waals surface area contributed by atoms with Crippen molar-refractivity contribution in [1.29, 1.82) is 0 Å². The summed E-state index contributed by atoms with van der Waals surface area (Å²) in [6, 6.07) is 15.3. The maximum Gasteiger partial charge on any atom is 0.224 e. The highest BCUT2D eigenvalue weighted by Gasteiger charge is 2.26. The summed E-state index contributed by atoms with van der Waals surface area (Å²) < 4.78 is 0. The van der Waals surface area contributed by atoms with Gasteiger partial charge in [0, 0.05) is 25.6 Å². The minimum atomic E-state index is 0. The second-order valence-electron chi connectivity index (χ2n) is 6.45. The van der Waals surface area contributed by atoms with Gasteiger partial charge in [0.1, 0.15) is 0 Å². The van der Waals surface area contributed by atoms with E-state index in [1.54, 1.807) is 0 Å². The van der Waals surface area contributed by atoms with Gasteiger partial charge in [-0.3, -0.25) is 4.79 Å². The molecule has 1 fully saturated rings. The first-order valence-electron chi connectivity index (χ1n) is 8.70. The van der Waals surface area contributed by atoms with Crippen molar-refractivity contribution >= 4 is 29.1 Å². The van der Waals surface area contributed by atoms with Crippen LogP contribution in [0.4, 0.5) is 0 Å². The maximum atomic E-state index is 12.7. The van der Waals surface area contributed by atoms with Gasteiger partial charge in [-0.1, -0.05) is 55.3 Å². The summed E-state index contributed by atoms with van der Waals surface area (Å²) in [6.07, 6.45) is 5.37. The van der Waals surface area contributed by atoms with Gasteiger partial charge >= 0.3 is 0 Å². The molecule has 130 valence electrons. The minimum Gasteiger partial charge on any atom is -0.335 e. The molecule has 24 heavy (non-hydrogen) atoms. The van der Waals surface area contributed by atoms with E-state index in [0.29, 0.717) is 12.5 Å². The van der Waals surface area contributed by atoms with Gasteiger partial charge in [0.2, 0.25) is 5.91 Å². The van der Waals surface area contributed by atoms with E-state index in [2.05, 4.69) is 52.7 Å². The third-order valence-electron chi connectivity index (χ3n) is 4.90. The van der Waals surface area contributed by atoms with Crippen molar-refractivity contribution in [2.24, 2.45) is 0 Å². The Balaban J connectivity index is 0.00000208. The molecule has 0 aromatic heterocycles. The normalized spacial score (nSPS) is 14.5.